The van der Waals surface area contributed by atoms with Gasteiger partial charge in [0, 0.05) is 11.3 Å². The Balaban J connectivity index is 1.45. The highest BCUT2D eigenvalue weighted by Gasteiger charge is 2.37. The van der Waals surface area contributed by atoms with Gasteiger partial charge in [0.25, 0.3) is 17.7 Å². The van der Waals surface area contributed by atoms with Gasteiger partial charge < -0.3 is 10.6 Å². The Bertz CT molecular complexity index is 1280. The highest BCUT2D eigenvalue weighted by molar-refractivity contribution is 6.48. The molecule has 0 saturated heterocycles. The Hall–Kier alpha value is -3.32. The molecule has 4 rings (SSSR count). The molecule has 3 aromatic rings. The molecule has 0 unspecified atom stereocenters. The number of nitrogens with zero attached hydrogens (tertiary/aromatic N) is 1. The van der Waals surface area contributed by atoms with E-state index in [-0.39, 0.29) is 28.2 Å². The number of carbonyl (C=O) groups excluding carboxylic acids is 3. The van der Waals surface area contributed by atoms with Gasteiger partial charge in [-0.05, 0) is 42.0 Å². The number of anilines is 2. The molecule has 1 aliphatic rings. The van der Waals surface area contributed by atoms with Crippen molar-refractivity contribution in [1.29, 1.82) is 0 Å². The molecule has 6 nitrogen and oxygen atoms in total. The smallest absolute Gasteiger partial charge is 0.279 e. The minimum absolute atomic E-state index is 0.0134. The van der Waals surface area contributed by atoms with Crippen molar-refractivity contribution in [1.82, 2.24) is 4.90 Å². The first-order valence-electron chi connectivity index (χ1n) is 9.77. The maximum Gasteiger partial charge on any atom is 0.279 e. The van der Waals surface area contributed by atoms with Crippen molar-refractivity contribution >= 4 is 63.9 Å². The highest BCUT2D eigenvalue weighted by Crippen LogP contribution is 2.30. The lowest BCUT2D eigenvalue weighted by molar-refractivity contribution is -0.138. The summed E-state index contributed by atoms with van der Waals surface area (Å²) >= 11 is 18.2. The molecular weight excluding hydrogens is 485 g/mol. The Morgan fingerprint density at radius 3 is 2.21 bits per heavy atom. The third-order valence-corrected chi connectivity index (χ3v) is 6.08. The topological polar surface area (TPSA) is 78.5 Å². The first-order chi connectivity index (χ1) is 15.8. The number of carbonyl (C=O) groups is 3. The summed E-state index contributed by atoms with van der Waals surface area (Å²) in [5.74, 6) is -1.47. The van der Waals surface area contributed by atoms with Crippen molar-refractivity contribution < 1.29 is 14.4 Å². The van der Waals surface area contributed by atoms with E-state index in [1.807, 2.05) is 30.3 Å². The van der Waals surface area contributed by atoms with Gasteiger partial charge in [-0.3, -0.25) is 19.3 Å². The molecule has 1 aliphatic heterocycles. The summed E-state index contributed by atoms with van der Waals surface area (Å²) in [4.78, 5) is 38.9. The molecule has 0 spiro atoms. The van der Waals surface area contributed by atoms with Gasteiger partial charge in [-0.2, -0.15) is 0 Å². The molecule has 0 radical (unpaired) electrons. The van der Waals surface area contributed by atoms with Gasteiger partial charge >= 0.3 is 0 Å². The Morgan fingerprint density at radius 2 is 1.52 bits per heavy atom. The van der Waals surface area contributed by atoms with Crippen LogP contribution in [0.4, 0.5) is 11.4 Å². The van der Waals surface area contributed by atoms with Gasteiger partial charge in [0.05, 0.1) is 22.3 Å². The van der Waals surface area contributed by atoms with E-state index in [4.69, 9.17) is 34.8 Å². The highest BCUT2D eigenvalue weighted by atomic mass is 35.5. The zero-order valence-electron chi connectivity index (χ0n) is 16.9. The molecule has 0 saturated carbocycles. The minimum Gasteiger partial charge on any atom is -0.350 e. The summed E-state index contributed by atoms with van der Waals surface area (Å²) in [5.41, 5.74) is 2.03. The minimum atomic E-state index is -0.567. The van der Waals surface area contributed by atoms with Gasteiger partial charge in [0.1, 0.15) is 10.7 Å². The van der Waals surface area contributed by atoms with Crippen LogP contribution in [0.5, 0.6) is 0 Å². The van der Waals surface area contributed by atoms with Crippen LogP contribution >= 0.6 is 34.8 Å². The molecule has 0 aliphatic carbocycles. The number of hydrogen-bond donors (Lipinski definition) is 2. The summed E-state index contributed by atoms with van der Waals surface area (Å²) in [5, 5.41) is 5.97. The van der Waals surface area contributed by atoms with E-state index in [0.29, 0.717) is 22.0 Å². The molecule has 33 heavy (non-hydrogen) atoms. The van der Waals surface area contributed by atoms with Crippen LogP contribution in [-0.4, -0.2) is 22.6 Å². The molecule has 0 bridgehead atoms. The fraction of sp³-hybridized carbons (Fsp3) is 0.0417. The van der Waals surface area contributed by atoms with Gasteiger partial charge in [0.2, 0.25) is 0 Å². The van der Waals surface area contributed by atoms with Crippen LogP contribution in [0.25, 0.3) is 0 Å². The molecule has 0 atom stereocenters. The SMILES string of the molecule is O=C(Nc1cccc(Cl)c1Cl)c1ccc(NC2=C(Cl)C(=O)N(Cc3ccccc3)C2=O)cc1. The fourth-order valence-corrected chi connectivity index (χ4v) is 3.79. The zero-order chi connectivity index (χ0) is 23.5. The molecule has 0 aromatic heterocycles. The summed E-state index contributed by atoms with van der Waals surface area (Å²) in [6.07, 6.45) is 0. The Morgan fingerprint density at radius 1 is 0.818 bits per heavy atom. The van der Waals surface area contributed by atoms with Crippen LogP contribution < -0.4 is 10.6 Å². The number of rotatable bonds is 6. The lowest BCUT2D eigenvalue weighted by Crippen LogP contribution is -2.31. The molecule has 166 valence electrons. The number of imide groups is 1. The van der Waals surface area contributed by atoms with Crippen molar-refractivity contribution in [3.05, 3.63) is 105 Å². The molecule has 3 aromatic carbocycles. The second kappa shape index (κ2) is 9.67. The zero-order valence-corrected chi connectivity index (χ0v) is 19.2. The third-order valence-electron chi connectivity index (χ3n) is 4.91. The van der Waals surface area contributed by atoms with Gasteiger partial charge in [-0.25, -0.2) is 0 Å². The lowest BCUT2D eigenvalue weighted by atomic mass is 10.2. The van der Waals surface area contributed by atoms with E-state index in [1.54, 1.807) is 42.5 Å². The molecule has 9 heteroatoms. The van der Waals surface area contributed by atoms with Crippen molar-refractivity contribution in [2.45, 2.75) is 6.54 Å². The van der Waals surface area contributed by atoms with Gasteiger partial charge in [-0.1, -0.05) is 71.2 Å². The molecule has 1 heterocycles. The predicted molar refractivity (Wildman–Crippen MR) is 129 cm³/mol. The Labute approximate surface area is 204 Å². The number of benzene rings is 3. The van der Waals surface area contributed by atoms with E-state index >= 15 is 0 Å². The normalized spacial score (nSPS) is 13.5. The van der Waals surface area contributed by atoms with Crippen LogP contribution in [0.15, 0.2) is 83.5 Å². The second-order valence-electron chi connectivity index (χ2n) is 7.13. The van der Waals surface area contributed by atoms with Crippen molar-refractivity contribution in [2.24, 2.45) is 0 Å². The van der Waals surface area contributed by atoms with E-state index in [2.05, 4.69) is 10.6 Å². The van der Waals surface area contributed by atoms with E-state index < -0.39 is 11.8 Å². The van der Waals surface area contributed by atoms with Crippen LogP contribution in [0.2, 0.25) is 10.0 Å². The summed E-state index contributed by atoms with van der Waals surface area (Å²) < 4.78 is 0. The third kappa shape index (κ3) is 4.88. The van der Waals surface area contributed by atoms with E-state index in [9.17, 15) is 14.4 Å². The molecule has 3 amide bonds. The van der Waals surface area contributed by atoms with Crippen LogP contribution in [0, 0.1) is 0 Å². The van der Waals surface area contributed by atoms with E-state index in [0.717, 1.165) is 10.5 Å². The first kappa shape index (κ1) is 22.9. The van der Waals surface area contributed by atoms with E-state index in [1.165, 1.54) is 0 Å². The average Bonchev–Trinajstić information content (AvgIpc) is 3.01. The second-order valence-corrected chi connectivity index (χ2v) is 8.29. The summed E-state index contributed by atoms with van der Waals surface area (Å²) in [6.45, 7) is 0.116. The number of nitrogens with one attached hydrogen (secondary N) is 2. The Kier molecular flexibility index (Phi) is 6.70. The number of amides is 3. The van der Waals surface area contributed by atoms with Crippen LogP contribution in [0.1, 0.15) is 15.9 Å². The van der Waals surface area contributed by atoms with Gasteiger partial charge in [0.15, 0.2) is 0 Å². The van der Waals surface area contributed by atoms with Crippen molar-refractivity contribution in [2.75, 3.05) is 10.6 Å². The summed E-state index contributed by atoms with van der Waals surface area (Å²) in [6, 6.07) is 20.4. The lowest BCUT2D eigenvalue weighted by Gasteiger charge is -2.15. The van der Waals surface area contributed by atoms with Crippen LogP contribution in [0.3, 0.4) is 0 Å². The molecule has 0 fully saturated rings. The van der Waals surface area contributed by atoms with Crippen LogP contribution in [-0.2, 0) is 16.1 Å². The first-order valence-corrected chi connectivity index (χ1v) is 10.9. The largest absolute Gasteiger partial charge is 0.350 e. The van der Waals surface area contributed by atoms with Gasteiger partial charge in [-0.15, -0.1) is 0 Å². The molecular formula is C24H16Cl3N3O3. The fourth-order valence-electron chi connectivity index (χ4n) is 3.21. The number of halogens is 3. The standard InChI is InChI=1S/C24H16Cl3N3O3/c25-17-7-4-8-18(19(17)26)29-22(31)15-9-11-16(12-10-15)28-21-20(27)23(32)30(24(21)33)13-14-5-2-1-3-6-14/h1-12,28H,13H2,(H,29,31). The number of hydrogen-bond acceptors (Lipinski definition) is 4. The summed E-state index contributed by atoms with van der Waals surface area (Å²) in [7, 11) is 0. The van der Waals surface area contributed by atoms with Crippen molar-refractivity contribution in [3.63, 3.8) is 0 Å². The molecule has 2 N–H and O–H groups in total. The predicted octanol–water partition coefficient (Wildman–Crippen LogP) is 5.68. The van der Waals surface area contributed by atoms with Crippen molar-refractivity contribution in [3.8, 4) is 0 Å². The maximum atomic E-state index is 12.8. The monoisotopic (exact) mass is 499 g/mol. The quantitative estimate of drug-likeness (QED) is 0.427. The average molecular weight is 501 g/mol. The maximum absolute atomic E-state index is 12.8.